The number of amides is 1. The molecule has 2 rings (SSSR count). The molecule has 1 heterocycles. The molecule has 1 unspecified atom stereocenters. The first-order valence-corrected chi connectivity index (χ1v) is 4.48. The summed E-state index contributed by atoms with van der Waals surface area (Å²) in [6.45, 7) is 0. The summed E-state index contributed by atoms with van der Waals surface area (Å²) in [5.41, 5.74) is 6.05. The molecule has 0 spiro atoms. The summed E-state index contributed by atoms with van der Waals surface area (Å²) in [5, 5.41) is 0. The van der Waals surface area contributed by atoms with E-state index < -0.39 is 0 Å². The van der Waals surface area contributed by atoms with Crippen molar-refractivity contribution < 1.29 is 4.79 Å². The lowest BCUT2D eigenvalue weighted by atomic mass is 10.1. The summed E-state index contributed by atoms with van der Waals surface area (Å²) >= 11 is 1.18. The number of H-pyrrole nitrogens is 1. The highest BCUT2D eigenvalue weighted by Gasteiger charge is 2.27. The van der Waals surface area contributed by atoms with Crippen LogP contribution in [0.4, 0.5) is 0 Å². The second kappa shape index (κ2) is 2.45. The van der Waals surface area contributed by atoms with Gasteiger partial charge in [0.15, 0.2) is 0 Å². The van der Waals surface area contributed by atoms with Crippen molar-refractivity contribution in [2.24, 2.45) is 11.7 Å². The molecular weight excluding hydrogens is 176 g/mol. The number of hydrogen-bond acceptors (Lipinski definition) is 3. The Balaban J connectivity index is 2.29. The van der Waals surface area contributed by atoms with Crippen molar-refractivity contribution in [3.8, 4) is 0 Å². The van der Waals surface area contributed by atoms with Crippen LogP contribution in [-0.2, 0) is 17.6 Å². The van der Waals surface area contributed by atoms with Crippen LogP contribution in [0.25, 0.3) is 0 Å². The summed E-state index contributed by atoms with van der Waals surface area (Å²) < 4.78 is 0. The van der Waals surface area contributed by atoms with Gasteiger partial charge in [-0.2, -0.15) is 0 Å². The normalized spacial score (nSPS) is 20.8. The van der Waals surface area contributed by atoms with Crippen molar-refractivity contribution in [1.82, 2.24) is 4.98 Å². The first-order chi connectivity index (χ1) is 5.66. The van der Waals surface area contributed by atoms with Gasteiger partial charge in [0.05, 0.1) is 0 Å². The fraction of sp³-hybridized carbons (Fsp3) is 0.429. The molecule has 0 bridgehead atoms. The van der Waals surface area contributed by atoms with Crippen LogP contribution in [0.2, 0.25) is 0 Å². The van der Waals surface area contributed by atoms with Crippen molar-refractivity contribution in [2.75, 3.05) is 0 Å². The minimum absolute atomic E-state index is 0.0390. The Hall–Kier alpha value is -1.10. The third-order valence-corrected chi connectivity index (χ3v) is 3.04. The molecule has 1 atom stereocenters. The van der Waals surface area contributed by atoms with E-state index in [0.717, 1.165) is 10.6 Å². The van der Waals surface area contributed by atoms with Gasteiger partial charge in [-0.25, -0.2) is 0 Å². The molecule has 64 valence electrons. The highest BCUT2D eigenvalue weighted by atomic mass is 32.1. The zero-order chi connectivity index (χ0) is 8.72. The molecule has 0 aliphatic heterocycles. The number of carbonyl (C=O) groups is 1. The van der Waals surface area contributed by atoms with E-state index in [9.17, 15) is 9.59 Å². The standard InChI is InChI=1S/C7H8N2O2S/c8-6(10)3-1-4-5(2-3)12-7(11)9-4/h3H,1-2H2,(H2,8,10)(H,9,11). The van der Waals surface area contributed by atoms with Crippen molar-refractivity contribution in [3.63, 3.8) is 0 Å². The van der Waals surface area contributed by atoms with E-state index in [2.05, 4.69) is 4.98 Å². The van der Waals surface area contributed by atoms with E-state index in [1.165, 1.54) is 11.3 Å². The predicted octanol–water partition coefficient (Wildman–Crippen LogP) is -0.364. The Bertz CT molecular complexity index is 353. The van der Waals surface area contributed by atoms with Crippen LogP contribution < -0.4 is 10.6 Å². The van der Waals surface area contributed by atoms with Crippen LogP contribution in [0.15, 0.2) is 4.79 Å². The number of thiazole rings is 1. The number of aromatic nitrogens is 1. The molecule has 1 aliphatic carbocycles. The molecule has 0 fully saturated rings. The predicted molar refractivity (Wildman–Crippen MR) is 45.0 cm³/mol. The number of carbonyl (C=O) groups excluding carboxylic acids is 1. The smallest absolute Gasteiger partial charge is 0.304 e. The lowest BCUT2D eigenvalue weighted by Gasteiger charge is -2.00. The summed E-state index contributed by atoms with van der Waals surface area (Å²) in [6, 6.07) is 0. The number of nitrogens with two attached hydrogens (primary N) is 1. The van der Waals surface area contributed by atoms with E-state index in [1.54, 1.807) is 0 Å². The van der Waals surface area contributed by atoms with Gasteiger partial charge in [-0.1, -0.05) is 11.3 Å². The Morgan fingerprint density at radius 3 is 2.92 bits per heavy atom. The molecule has 3 N–H and O–H groups in total. The highest BCUT2D eigenvalue weighted by Crippen LogP contribution is 2.26. The lowest BCUT2D eigenvalue weighted by molar-refractivity contribution is -0.121. The van der Waals surface area contributed by atoms with Gasteiger partial charge in [-0.15, -0.1) is 0 Å². The molecule has 0 saturated carbocycles. The van der Waals surface area contributed by atoms with E-state index in [4.69, 9.17) is 5.73 Å². The Morgan fingerprint density at radius 2 is 2.33 bits per heavy atom. The molecule has 1 aromatic heterocycles. The Kier molecular flexibility index (Phi) is 1.54. The molecule has 1 aliphatic rings. The minimum atomic E-state index is -0.278. The zero-order valence-electron chi connectivity index (χ0n) is 6.29. The maximum absolute atomic E-state index is 10.8. The average Bonchev–Trinajstić information content (AvgIpc) is 2.42. The first-order valence-electron chi connectivity index (χ1n) is 3.67. The lowest BCUT2D eigenvalue weighted by Crippen LogP contribution is -2.23. The van der Waals surface area contributed by atoms with Crippen LogP contribution in [0.5, 0.6) is 0 Å². The molecule has 0 saturated heterocycles. The van der Waals surface area contributed by atoms with Crippen molar-refractivity contribution in [2.45, 2.75) is 12.8 Å². The van der Waals surface area contributed by atoms with Crippen LogP contribution in [0, 0.1) is 5.92 Å². The van der Waals surface area contributed by atoms with Gasteiger partial charge in [0.1, 0.15) is 0 Å². The maximum atomic E-state index is 10.8. The summed E-state index contributed by atoms with van der Waals surface area (Å²) in [6.07, 6.45) is 1.23. The number of aromatic amines is 1. The van der Waals surface area contributed by atoms with Crippen LogP contribution in [0.3, 0.4) is 0 Å². The van der Waals surface area contributed by atoms with Gasteiger partial charge in [-0.05, 0) is 6.42 Å². The van der Waals surface area contributed by atoms with Crippen molar-refractivity contribution >= 4 is 17.2 Å². The Morgan fingerprint density at radius 1 is 1.58 bits per heavy atom. The van der Waals surface area contributed by atoms with Gasteiger partial charge in [0.2, 0.25) is 5.91 Å². The quantitative estimate of drug-likeness (QED) is 0.625. The molecule has 5 heteroatoms. The first kappa shape index (κ1) is 7.54. The summed E-state index contributed by atoms with van der Waals surface area (Å²) in [4.78, 5) is 25.3. The number of rotatable bonds is 1. The fourth-order valence-electron chi connectivity index (χ4n) is 1.47. The minimum Gasteiger partial charge on any atom is -0.369 e. The summed E-state index contributed by atoms with van der Waals surface area (Å²) in [7, 11) is 0. The van der Waals surface area contributed by atoms with Gasteiger partial charge in [-0.3, -0.25) is 9.59 Å². The third kappa shape index (κ3) is 1.06. The van der Waals surface area contributed by atoms with Gasteiger partial charge >= 0.3 is 4.87 Å². The monoisotopic (exact) mass is 184 g/mol. The Labute approximate surface area is 72.4 Å². The molecular formula is C7H8N2O2S. The fourth-order valence-corrected chi connectivity index (χ4v) is 2.41. The largest absolute Gasteiger partial charge is 0.369 e. The summed E-state index contributed by atoms with van der Waals surface area (Å²) in [5.74, 6) is -0.387. The van der Waals surface area contributed by atoms with Crippen LogP contribution in [0.1, 0.15) is 10.6 Å². The third-order valence-electron chi connectivity index (χ3n) is 2.09. The van der Waals surface area contributed by atoms with Crippen molar-refractivity contribution in [1.29, 1.82) is 0 Å². The van der Waals surface area contributed by atoms with Gasteiger partial charge in [0, 0.05) is 22.9 Å². The molecule has 0 aromatic carbocycles. The second-order valence-corrected chi connectivity index (χ2v) is 3.99. The van der Waals surface area contributed by atoms with Crippen LogP contribution >= 0.6 is 11.3 Å². The zero-order valence-corrected chi connectivity index (χ0v) is 7.11. The number of nitrogens with one attached hydrogen (secondary N) is 1. The van der Waals surface area contributed by atoms with E-state index in [-0.39, 0.29) is 16.7 Å². The highest BCUT2D eigenvalue weighted by molar-refractivity contribution is 7.09. The second-order valence-electron chi connectivity index (χ2n) is 2.92. The molecule has 0 radical (unpaired) electrons. The maximum Gasteiger partial charge on any atom is 0.304 e. The molecule has 4 nitrogen and oxygen atoms in total. The van der Waals surface area contributed by atoms with E-state index >= 15 is 0 Å². The SMILES string of the molecule is NC(=O)C1Cc2[nH]c(=O)sc2C1. The topological polar surface area (TPSA) is 76.0 Å². The average molecular weight is 184 g/mol. The molecule has 12 heavy (non-hydrogen) atoms. The van der Waals surface area contributed by atoms with Gasteiger partial charge < -0.3 is 10.7 Å². The van der Waals surface area contributed by atoms with Gasteiger partial charge in [0.25, 0.3) is 0 Å². The number of fused-ring (bicyclic) bond motifs is 1. The van der Waals surface area contributed by atoms with E-state index in [1.807, 2.05) is 0 Å². The van der Waals surface area contributed by atoms with E-state index in [0.29, 0.717) is 12.8 Å². The molecule has 1 aromatic rings. The number of primary amides is 1. The van der Waals surface area contributed by atoms with Crippen LogP contribution in [-0.4, -0.2) is 10.9 Å². The number of hydrogen-bond donors (Lipinski definition) is 2. The molecule has 1 amide bonds. The van der Waals surface area contributed by atoms with Crippen molar-refractivity contribution in [3.05, 3.63) is 20.2 Å².